The minimum atomic E-state index is -0.562. The van der Waals surface area contributed by atoms with Crippen LogP contribution < -0.4 is 0 Å². The molecule has 0 amide bonds. The molecule has 0 atom stereocenters. The molecule has 0 heterocycles. The molecule has 4 nitrogen and oxygen atoms in total. The van der Waals surface area contributed by atoms with Crippen molar-refractivity contribution < 1.29 is 51.8 Å². The molecular formula is C6H9O4Y-. The zero-order valence-corrected chi connectivity index (χ0v) is 9.55. The Morgan fingerprint density at radius 2 is 1.36 bits per heavy atom. The molecule has 0 saturated heterocycles. The van der Waals surface area contributed by atoms with E-state index in [0.29, 0.717) is 0 Å². The molecule has 0 rings (SSSR count). The van der Waals surface area contributed by atoms with Gasteiger partial charge >= 0.3 is 11.9 Å². The SMILES string of the molecule is CC(=O)OC(C)=O.C[C-]=O.[Y]. The summed E-state index contributed by atoms with van der Waals surface area (Å²) in [5.74, 6) is -1.12. The predicted octanol–water partition coefficient (Wildman–Crippen LogP) is 0.210. The normalized spacial score (nSPS) is 6.09. The minimum absolute atomic E-state index is 0. The van der Waals surface area contributed by atoms with Gasteiger partial charge in [-0.1, -0.05) is 0 Å². The van der Waals surface area contributed by atoms with Crippen molar-refractivity contribution in [1.82, 2.24) is 0 Å². The van der Waals surface area contributed by atoms with Crippen LogP contribution in [0.15, 0.2) is 0 Å². The van der Waals surface area contributed by atoms with E-state index in [1.54, 1.807) is 0 Å². The van der Waals surface area contributed by atoms with E-state index in [9.17, 15) is 9.59 Å². The van der Waals surface area contributed by atoms with Crippen LogP contribution in [0.1, 0.15) is 20.8 Å². The molecule has 0 spiro atoms. The summed E-state index contributed by atoms with van der Waals surface area (Å²) in [7, 11) is 0. The predicted molar refractivity (Wildman–Crippen MR) is 33.8 cm³/mol. The van der Waals surface area contributed by atoms with Crippen LogP contribution in [0.3, 0.4) is 0 Å². The summed E-state index contributed by atoms with van der Waals surface area (Å²) < 4.78 is 3.97. The third kappa shape index (κ3) is 40.5. The summed E-state index contributed by atoms with van der Waals surface area (Å²) in [6, 6.07) is 0. The Labute approximate surface area is 90.6 Å². The molecule has 0 aromatic heterocycles. The number of hydrogen-bond donors (Lipinski definition) is 0. The third-order valence-electron chi connectivity index (χ3n) is 0.287. The molecule has 0 unspecified atom stereocenters. The van der Waals surface area contributed by atoms with Gasteiger partial charge in [0, 0.05) is 46.6 Å². The molecule has 0 saturated carbocycles. The van der Waals surface area contributed by atoms with Crippen molar-refractivity contribution in [2.75, 3.05) is 0 Å². The van der Waals surface area contributed by atoms with E-state index in [1.807, 2.05) is 0 Å². The molecule has 11 heavy (non-hydrogen) atoms. The summed E-state index contributed by atoms with van der Waals surface area (Å²) in [4.78, 5) is 28.3. The Hall–Kier alpha value is -0.0861. The average Bonchev–Trinajstić information content (AvgIpc) is 1.62. The second-order valence-corrected chi connectivity index (χ2v) is 1.29. The summed E-state index contributed by atoms with van der Waals surface area (Å²) in [6.45, 7) is 3.68. The Morgan fingerprint density at radius 3 is 1.36 bits per heavy atom. The van der Waals surface area contributed by atoms with Crippen LogP contribution in [-0.2, 0) is 51.8 Å². The molecule has 0 aromatic rings. The zero-order chi connectivity index (χ0) is 8.57. The number of rotatable bonds is 0. The quantitative estimate of drug-likeness (QED) is 0.341. The van der Waals surface area contributed by atoms with E-state index in [0.717, 1.165) is 0 Å². The molecule has 0 bridgehead atoms. The maximum Gasteiger partial charge on any atom is 0.310 e. The smallest absolute Gasteiger partial charge is 0.310 e. The van der Waals surface area contributed by atoms with E-state index >= 15 is 0 Å². The van der Waals surface area contributed by atoms with E-state index in [1.165, 1.54) is 27.1 Å². The maximum absolute atomic E-state index is 9.81. The van der Waals surface area contributed by atoms with Gasteiger partial charge in [0.1, 0.15) is 0 Å². The number of carbonyl (C=O) groups is 2. The van der Waals surface area contributed by atoms with Gasteiger partial charge in [-0.05, 0) is 0 Å². The van der Waals surface area contributed by atoms with Crippen LogP contribution in [0.5, 0.6) is 0 Å². The zero-order valence-electron chi connectivity index (χ0n) is 6.71. The van der Waals surface area contributed by atoms with Crippen molar-refractivity contribution in [2.45, 2.75) is 20.8 Å². The van der Waals surface area contributed by atoms with Crippen LogP contribution >= 0.6 is 0 Å². The van der Waals surface area contributed by atoms with Crippen molar-refractivity contribution in [3.63, 3.8) is 0 Å². The van der Waals surface area contributed by atoms with E-state index < -0.39 is 11.9 Å². The Morgan fingerprint density at radius 1 is 1.18 bits per heavy atom. The molecule has 1 radical (unpaired) electrons. The van der Waals surface area contributed by atoms with E-state index in [4.69, 9.17) is 4.79 Å². The van der Waals surface area contributed by atoms with Crippen LogP contribution in [0.25, 0.3) is 0 Å². The maximum atomic E-state index is 9.81. The first-order valence-corrected chi connectivity index (χ1v) is 2.52. The van der Waals surface area contributed by atoms with Gasteiger partial charge in [0.15, 0.2) is 0 Å². The van der Waals surface area contributed by atoms with Crippen molar-refractivity contribution >= 4 is 18.2 Å². The number of ether oxygens (including phenoxy) is 1. The van der Waals surface area contributed by atoms with E-state index in [-0.39, 0.29) is 32.7 Å². The van der Waals surface area contributed by atoms with Gasteiger partial charge in [0.2, 0.25) is 0 Å². The fourth-order valence-electron chi connectivity index (χ4n) is 0.202. The topological polar surface area (TPSA) is 60.4 Å². The van der Waals surface area contributed by atoms with Crippen molar-refractivity contribution in [3.05, 3.63) is 0 Å². The van der Waals surface area contributed by atoms with Crippen LogP contribution in [0.2, 0.25) is 0 Å². The van der Waals surface area contributed by atoms with Gasteiger partial charge in [-0.15, -0.1) is 0 Å². The summed E-state index contributed by atoms with van der Waals surface area (Å²) in [5.41, 5.74) is 0. The van der Waals surface area contributed by atoms with E-state index in [2.05, 4.69) is 4.74 Å². The average molecular weight is 234 g/mol. The van der Waals surface area contributed by atoms with Crippen molar-refractivity contribution in [3.8, 4) is 0 Å². The first-order chi connectivity index (χ1) is 4.54. The van der Waals surface area contributed by atoms with Gasteiger partial charge in [-0.25, -0.2) is 0 Å². The Kier molecular flexibility index (Phi) is 19.6. The number of hydrogen-bond acceptors (Lipinski definition) is 4. The fourth-order valence-corrected chi connectivity index (χ4v) is 0.202. The summed E-state index contributed by atoms with van der Waals surface area (Å²) >= 11 is 0. The number of esters is 2. The standard InChI is InChI=1S/C4H6O3.C2H3O.Y/c1-3(5)7-4(2)6;1-2-3;/h1-2H3;1H3;/q;-1;. The van der Waals surface area contributed by atoms with Crippen molar-refractivity contribution in [2.24, 2.45) is 0 Å². The minimum Gasteiger partial charge on any atom is -0.542 e. The van der Waals surface area contributed by atoms with Crippen LogP contribution in [0, 0.1) is 0 Å². The summed E-state index contributed by atoms with van der Waals surface area (Å²) in [6.07, 6.45) is 1.50. The fraction of sp³-hybridized carbons (Fsp3) is 0.500. The molecule has 0 aliphatic heterocycles. The van der Waals surface area contributed by atoms with Crippen LogP contribution in [0.4, 0.5) is 0 Å². The number of carbonyl (C=O) groups excluding carboxylic acids is 3. The molecule has 0 N–H and O–H groups in total. The first-order valence-electron chi connectivity index (χ1n) is 2.52. The second kappa shape index (κ2) is 12.6. The van der Waals surface area contributed by atoms with Gasteiger partial charge in [-0.3, -0.25) is 15.9 Å². The molecule has 61 valence electrons. The summed E-state index contributed by atoms with van der Waals surface area (Å²) in [5, 5.41) is 0. The second-order valence-electron chi connectivity index (χ2n) is 1.29. The molecule has 0 fully saturated rings. The molecule has 5 heteroatoms. The van der Waals surface area contributed by atoms with Gasteiger partial charge < -0.3 is 9.53 Å². The largest absolute Gasteiger partial charge is 0.542 e. The third-order valence-corrected chi connectivity index (χ3v) is 0.287. The van der Waals surface area contributed by atoms with Gasteiger partial charge in [0.25, 0.3) is 0 Å². The molecular weight excluding hydrogens is 225 g/mol. The van der Waals surface area contributed by atoms with Gasteiger partial charge in [-0.2, -0.15) is 6.92 Å². The Balaban J connectivity index is -0.000000140. The first kappa shape index (κ1) is 17.1. The monoisotopic (exact) mass is 234 g/mol. The van der Waals surface area contributed by atoms with Crippen LogP contribution in [-0.4, -0.2) is 18.2 Å². The molecule has 0 aliphatic rings. The molecule has 0 aromatic carbocycles. The Bertz CT molecular complexity index is 121. The molecule has 0 aliphatic carbocycles. The van der Waals surface area contributed by atoms with Crippen molar-refractivity contribution in [1.29, 1.82) is 0 Å². The van der Waals surface area contributed by atoms with Gasteiger partial charge in [0.05, 0.1) is 0 Å².